The summed E-state index contributed by atoms with van der Waals surface area (Å²) in [4.78, 5) is 8.00. The fourth-order valence-corrected chi connectivity index (χ4v) is 1.63. The van der Waals surface area contributed by atoms with Crippen molar-refractivity contribution in [1.82, 2.24) is 14.5 Å². The van der Waals surface area contributed by atoms with Gasteiger partial charge >= 0.3 is 0 Å². The first-order valence-electron chi connectivity index (χ1n) is 4.89. The number of nitrogens with zero attached hydrogens (tertiary/aromatic N) is 4. The van der Waals surface area contributed by atoms with Crippen LogP contribution in [0.4, 0.5) is 0 Å². The molecule has 0 aliphatic heterocycles. The van der Waals surface area contributed by atoms with Crippen LogP contribution in [0.2, 0.25) is 0 Å². The topological polar surface area (TPSA) is 80.5 Å². The van der Waals surface area contributed by atoms with E-state index in [1.807, 2.05) is 18.2 Å². The molecule has 1 atom stereocenters. The Morgan fingerprint density at radius 1 is 1.50 bits per heavy atom. The summed E-state index contributed by atoms with van der Waals surface area (Å²) < 4.78 is 1.76. The van der Waals surface area contributed by atoms with E-state index in [1.165, 1.54) is 0 Å². The second kappa shape index (κ2) is 4.55. The minimum atomic E-state index is -0.0918. The number of hydrogen-bond donors (Lipinski definition) is 1. The maximum Gasteiger partial charge on any atom is 0.213 e. The molecule has 16 heavy (non-hydrogen) atoms. The molecule has 2 N–H and O–H groups in total. The second-order valence-electron chi connectivity index (χ2n) is 3.31. The highest BCUT2D eigenvalue weighted by molar-refractivity contribution is 5.21. The summed E-state index contributed by atoms with van der Waals surface area (Å²) >= 11 is 0. The van der Waals surface area contributed by atoms with Crippen molar-refractivity contribution in [2.75, 3.05) is 6.54 Å². The number of aromatic nitrogens is 3. The quantitative estimate of drug-likeness (QED) is 0.813. The largest absolute Gasteiger partial charge is 0.328 e. The van der Waals surface area contributed by atoms with Crippen molar-refractivity contribution in [2.24, 2.45) is 5.73 Å². The van der Waals surface area contributed by atoms with Crippen LogP contribution < -0.4 is 5.73 Å². The molecule has 0 aromatic carbocycles. The highest BCUT2D eigenvalue weighted by atomic mass is 15.1. The Hall–Kier alpha value is -2.19. The van der Waals surface area contributed by atoms with E-state index in [0.717, 1.165) is 5.56 Å². The van der Waals surface area contributed by atoms with E-state index in [1.54, 1.807) is 29.4 Å². The first kappa shape index (κ1) is 10.3. The van der Waals surface area contributed by atoms with Crippen molar-refractivity contribution in [3.05, 3.63) is 48.3 Å². The van der Waals surface area contributed by atoms with E-state index in [9.17, 15) is 0 Å². The van der Waals surface area contributed by atoms with E-state index in [0.29, 0.717) is 12.4 Å². The van der Waals surface area contributed by atoms with Gasteiger partial charge < -0.3 is 10.3 Å². The van der Waals surface area contributed by atoms with Crippen molar-refractivity contribution in [2.45, 2.75) is 6.04 Å². The van der Waals surface area contributed by atoms with Crippen LogP contribution in [0.3, 0.4) is 0 Å². The van der Waals surface area contributed by atoms with Crippen LogP contribution in [-0.4, -0.2) is 21.1 Å². The minimum absolute atomic E-state index is 0.0918. The SMILES string of the molecule is N#Cc1nccn1C(CN)c1cccnc1. The highest BCUT2D eigenvalue weighted by Gasteiger charge is 2.14. The van der Waals surface area contributed by atoms with Crippen molar-refractivity contribution < 1.29 is 0 Å². The maximum atomic E-state index is 8.91. The molecule has 0 saturated heterocycles. The molecule has 5 heteroatoms. The third-order valence-corrected chi connectivity index (χ3v) is 2.40. The molecular weight excluding hydrogens is 202 g/mol. The van der Waals surface area contributed by atoms with Crippen LogP contribution in [0.15, 0.2) is 36.9 Å². The van der Waals surface area contributed by atoms with Crippen LogP contribution in [0.1, 0.15) is 17.4 Å². The molecule has 2 rings (SSSR count). The number of nitrogens with two attached hydrogens (primary N) is 1. The molecule has 0 amide bonds. The number of imidazole rings is 1. The van der Waals surface area contributed by atoms with Crippen molar-refractivity contribution >= 4 is 0 Å². The number of rotatable bonds is 3. The highest BCUT2D eigenvalue weighted by Crippen LogP contribution is 2.17. The summed E-state index contributed by atoms with van der Waals surface area (Å²) in [5, 5.41) is 8.91. The van der Waals surface area contributed by atoms with E-state index < -0.39 is 0 Å². The number of pyridine rings is 1. The van der Waals surface area contributed by atoms with Gasteiger partial charge in [-0.3, -0.25) is 4.98 Å². The van der Waals surface area contributed by atoms with E-state index in [-0.39, 0.29) is 6.04 Å². The van der Waals surface area contributed by atoms with Crippen LogP contribution in [-0.2, 0) is 0 Å². The van der Waals surface area contributed by atoms with Gasteiger partial charge in [0.1, 0.15) is 6.07 Å². The van der Waals surface area contributed by atoms with E-state index in [4.69, 9.17) is 11.0 Å². The van der Waals surface area contributed by atoms with Crippen LogP contribution in [0, 0.1) is 11.3 Å². The van der Waals surface area contributed by atoms with Gasteiger partial charge in [-0.25, -0.2) is 4.98 Å². The summed E-state index contributed by atoms with van der Waals surface area (Å²) in [6.07, 6.45) is 6.80. The predicted octanol–water partition coefficient (Wildman–Crippen LogP) is 0.698. The zero-order valence-electron chi connectivity index (χ0n) is 8.61. The lowest BCUT2D eigenvalue weighted by Crippen LogP contribution is -2.21. The molecule has 0 aliphatic carbocycles. The normalized spacial score (nSPS) is 12.0. The van der Waals surface area contributed by atoms with Gasteiger partial charge in [0, 0.05) is 31.3 Å². The molecular formula is C11H11N5. The molecule has 0 bridgehead atoms. The fraction of sp³-hybridized carbons (Fsp3) is 0.182. The molecule has 2 heterocycles. The lowest BCUT2D eigenvalue weighted by atomic mass is 10.1. The lowest BCUT2D eigenvalue weighted by molar-refractivity contribution is 0.585. The molecule has 0 saturated carbocycles. The smallest absolute Gasteiger partial charge is 0.213 e. The van der Waals surface area contributed by atoms with Gasteiger partial charge in [0.2, 0.25) is 5.82 Å². The molecule has 0 fully saturated rings. The molecule has 0 spiro atoms. The monoisotopic (exact) mass is 213 g/mol. The molecule has 1 unspecified atom stereocenters. The van der Waals surface area contributed by atoms with Gasteiger partial charge in [0.05, 0.1) is 6.04 Å². The second-order valence-corrected chi connectivity index (χ2v) is 3.31. The van der Waals surface area contributed by atoms with Crippen LogP contribution in [0.5, 0.6) is 0 Å². The van der Waals surface area contributed by atoms with Gasteiger partial charge in [-0.15, -0.1) is 0 Å². The molecule has 2 aromatic rings. The average molecular weight is 213 g/mol. The minimum Gasteiger partial charge on any atom is -0.328 e. The first-order chi connectivity index (χ1) is 7.86. The van der Waals surface area contributed by atoms with Crippen LogP contribution >= 0.6 is 0 Å². The summed E-state index contributed by atoms with van der Waals surface area (Å²) in [7, 11) is 0. The van der Waals surface area contributed by atoms with E-state index >= 15 is 0 Å². The third-order valence-electron chi connectivity index (χ3n) is 2.40. The zero-order valence-corrected chi connectivity index (χ0v) is 8.61. The Labute approximate surface area is 93.2 Å². The average Bonchev–Trinajstić information content (AvgIpc) is 2.80. The van der Waals surface area contributed by atoms with Crippen molar-refractivity contribution in [1.29, 1.82) is 5.26 Å². The summed E-state index contributed by atoms with van der Waals surface area (Å²) in [6, 6.07) is 5.73. The maximum absolute atomic E-state index is 8.91. The molecule has 5 nitrogen and oxygen atoms in total. The Kier molecular flexibility index (Phi) is 2.94. The van der Waals surface area contributed by atoms with Gasteiger partial charge in [0.25, 0.3) is 0 Å². The van der Waals surface area contributed by atoms with Crippen molar-refractivity contribution in [3.8, 4) is 6.07 Å². The summed E-state index contributed by atoms with van der Waals surface area (Å²) in [5.74, 6) is 0.360. The summed E-state index contributed by atoms with van der Waals surface area (Å²) in [5.41, 5.74) is 6.71. The van der Waals surface area contributed by atoms with Gasteiger partial charge in [0.15, 0.2) is 0 Å². The Morgan fingerprint density at radius 3 is 3.00 bits per heavy atom. The third kappa shape index (κ3) is 1.78. The van der Waals surface area contributed by atoms with Crippen molar-refractivity contribution in [3.63, 3.8) is 0 Å². The lowest BCUT2D eigenvalue weighted by Gasteiger charge is -2.16. The molecule has 0 aliphatic rings. The summed E-state index contributed by atoms with van der Waals surface area (Å²) in [6.45, 7) is 0.400. The van der Waals surface area contributed by atoms with Gasteiger partial charge in [-0.05, 0) is 11.6 Å². The van der Waals surface area contributed by atoms with Crippen LogP contribution in [0.25, 0.3) is 0 Å². The Morgan fingerprint density at radius 2 is 2.38 bits per heavy atom. The molecule has 0 radical (unpaired) electrons. The van der Waals surface area contributed by atoms with Gasteiger partial charge in [-0.1, -0.05) is 6.07 Å². The number of nitriles is 1. The Bertz CT molecular complexity index is 497. The van der Waals surface area contributed by atoms with Gasteiger partial charge in [-0.2, -0.15) is 5.26 Å². The standard InChI is InChI=1S/C11H11N5/c12-6-10(9-2-1-3-14-8-9)16-5-4-15-11(16)7-13/h1-5,8,10H,6,12H2. The predicted molar refractivity (Wildman–Crippen MR) is 58.4 cm³/mol. The molecule has 2 aromatic heterocycles. The van der Waals surface area contributed by atoms with E-state index in [2.05, 4.69) is 9.97 Å². The first-order valence-corrected chi connectivity index (χ1v) is 4.89. The number of hydrogen-bond acceptors (Lipinski definition) is 4. The zero-order chi connectivity index (χ0) is 11.4. The Balaban J connectivity index is 2.42. The molecule has 80 valence electrons. The fourth-order valence-electron chi connectivity index (χ4n) is 1.63.